The molecular weight excluding hydrogens is 305 g/mol. The topological polar surface area (TPSA) is 24.1 Å². The molecule has 1 aliphatic heterocycles. The van der Waals surface area contributed by atoms with Crippen LogP contribution in [0.3, 0.4) is 0 Å². The Bertz CT molecular complexity index is 314. The maximum atomic E-state index is 3.47. The van der Waals surface area contributed by atoms with E-state index in [9.17, 15) is 0 Å². The Balaban J connectivity index is 0.00000144. The van der Waals surface area contributed by atoms with Crippen LogP contribution in [-0.2, 0) is 20.7 Å². The van der Waals surface area contributed by atoms with Crippen molar-refractivity contribution >= 4 is 5.69 Å². The molecule has 1 aromatic carbocycles. The molecule has 3 nitrogen and oxygen atoms in total. The average Bonchev–Trinajstić information content (AvgIpc) is 2.43. The zero-order valence-electron chi connectivity index (χ0n) is 10.3. The van der Waals surface area contributed by atoms with Crippen molar-refractivity contribution in [3.8, 4) is 0 Å². The summed E-state index contributed by atoms with van der Waals surface area (Å²) in [6.07, 6.45) is 0. The third-order valence-electron chi connectivity index (χ3n) is 3.07. The van der Waals surface area contributed by atoms with Crippen molar-refractivity contribution in [3.05, 3.63) is 30.3 Å². The van der Waals surface area contributed by atoms with Gasteiger partial charge < -0.3 is 24.8 Å². The number of nitrogens with zero attached hydrogens (tertiary/aromatic N) is 1. The van der Waals surface area contributed by atoms with E-state index in [0.717, 1.165) is 42.2 Å². The summed E-state index contributed by atoms with van der Waals surface area (Å²) in [6, 6.07) is 10.8. The molecule has 0 aromatic heterocycles. The fourth-order valence-corrected chi connectivity index (χ4v) is 2.63. The SMILES string of the molecule is [Cl-].[Cl-].[Ti][N+]1(c2ccccc2)CCNCCNCC1. The zero-order chi connectivity index (χ0) is 11.3. The van der Waals surface area contributed by atoms with Crippen molar-refractivity contribution in [2.45, 2.75) is 0 Å². The number of nitrogens with one attached hydrogen (secondary N) is 2. The van der Waals surface area contributed by atoms with Crippen LogP contribution in [-0.4, -0.2) is 39.3 Å². The van der Waals surface area contributed by atoms with Crippen molar-refractivity contribution in [2.75, 3.05) is 39.3 Å². The molecule has 1 heterocycles. The molecule has 2 rings (SSSR count). The summed E-state index contributed by atoms with van der Waals surface area (Å²) in [5.74, 6) is 0. The van der Waals surface area contributed by atoms with Gasteiger partial charge in [-0.3, -0.25) is 0 Å². The van der Waals surface area contributed by atoms with Crippen LogP contribution in [0.15, 0.2) is 30.3 Å². The Morgan fingerprint density at radius 3 is 1.83 bits per heavy atom. The van der Waals surface area contributed by atoms with Crippen molar-refractivity contribution in [2.24, 2.45) is 0 Å². The molecule has 1 aromatic rings. The number of hydrogen-bond donors (Lipinski definition) is 2. The molecule has 0 aliphatic carbocycles. The molecule has 0 amide bonds. The Labute approximate surface area is 134 Å². The molecule has 0 spiro atoms. The second-order valence-corrected chi connectivity index (χ2v) is 5.59. The van der Waals surface area contributed by atoms with Gasteiger partial charge in [-0.1, -0.05) is 0 Å². The molecule has 1 saturated heterocycles. The van der Waals surface area contributed by atoms with Crippen LogP contribution in [0, 0.1) is 0 Å². The van der Waals surface area contributed by atoms with Gasteiger partial charge in [0.05, 0.1) is 0 Å². The van der Waals surface area contributed by atoms with Crippen molar-refractivity contribution in [1.29, 1.82) is 0 Å². The molecule has 6 heteroatoms. The van der Waals surface area contributed by atoms with Gasteiger partial charge in [0.1, 0.15) is 0 Å². The quantitative estimate of drug-likeness (QED) is 0.504. The Kier molecular flexibility index (Phi) is 9.53. The molecular formula is C12H19Cl2N3Ti-. The van der Waals surface area contributed by atoms with Crippen molar-refractivity contribution < 1.29 is 45.5 Å². The van der Waals surface area contributed by atoms with Gasteiger partial charge >= 0.3 is 110 Å². The van der Waals surface area contributed by atoms with E-state index in [4.69, 9.17) is 0 Å². The van der Waals surface area contributed by atoms with Gasteiger partial charge in [-0.15, -0.1) is 0 Å². The van der Waals surface area contributed by atoms with E-state index >= 15 is 0 Å². The van der Waals surface area contributed by atoms with Crippen LogP contribution >= 0.6 is 0 Å². The monoisotopic (exact) mass is 323 g/mol. The summed E-state index contributed by atoms with van der Waals surface area (Å²) in [6.45, 7) is 6.65. The van der Waals surface area contributed by atoms with Crippen molar-refractivity contribution in [3.63, 3.8) is 0 Å². The first-order valence-corrected chi connectivity index (χ1v) is 6.60. The second-order valence-electron chi connectivity index (χ2n) is 4.25. The molecule has 0 atom stereocenters. The molecule has 0 radical (unpaired) electrons. The van der Waals surface area contributed by atoms with E-state index in [0.29, 0.717) is 0 Å². The van der Waals surface area contributed by atoms with Gasteiger partial charge in [0.25, 0.3) is 0 Å². The Hall–Kier alpha value is 0.394. The summed E-state index contributed by atoms with van der Waals surface area (Å²) >= 11 is 2.32. The van der Waals surface area contributed by atoms with Crippen LogP contribution in [0.25, 0.3) is 0 Å². The van der Waals surface area contributed by atoms with E-state index in [1.165, 1.54) is 5.69 Å². The predicted octanol–water partition coefficient (Wildman–Crippen LogP) is -5.34. The molecule has 0 unspecified atom stereocenters. The number of rotatable bonds is 1. The summed E-state index contributed by atoms with van der Waals surface area (Å²) < 4.78 is 1.01. The fourth-order valence-electron chi connectivity index (χ4n) is 2.05. The van der Waals surface area contributed by atoms with Gasteiger partial charge in [0, 0.05) is 0 Å². The van der Waals surface area contributed by atoms with Crippen LogP contribution in [0.2, 0.25) is 0 Å². The second kappa shape index (κ2) is 9.32. The van der Waals surface area contributed by atoms with Gasteiger partial charge in [-0.2, -0.15) is 0 Å². The third kappa shape index (κ3) is 5.18. The van der Waals surface area contributed by atoms with E-state index in [1.54, 1.807) is 0 Å². The molecule has 1 fully saturated rings. The first kappa shape index (κ1) is 18.4. The Morgan fingerprint density at radius 1 is 0.833 bits per heavy atom. The van der Waals surface area contributed by atoms with Crippen molar-refractivity contribution in [1.82, 2.24) is 13.6 Å². The van der Waals surface area contributed by atoms with Crippen LogP contribution in [0.5, 0.6) is 0 Å². The van der Waals surface area contributed by atoms with Gasteiger partial charge in [-0.05, 0) is 0 Å². The van der Waals surface area contributed by atoms with Gasteiger partial charge in [0.15, 0.2) is 0 Å². The summed E-state index contributed by atoms with van der Waals surface area (Å²) in [5.41, 5.74) is 1.41. The molecule has 0 bridgehead atoms. The van der Waals surface area contributed by atoms with Gasteiger partial charge in [-0.25, -0.2) is 0 Å². The number of benzene rings is 1. The number of para-hydroxylation sites is 1. The first-order chi connectivity index (χ1) is 7.81. The van der Waals surface area contributed by atoms with Crippen LogP contribution < -0.4 is 38.4 Å². The minimum absolute atomic E-state index is 0. The van der Waals surface area contributed by atoms with Crippen LogP contribution in [0.1, 0.15) is 0 Å². The van der Waals surface area contributed by atoms with E-state index < -0.39 is 0 Å². The zero-order valence-corrected chi connectivity index (χ0v) is 13.4. The molecule has 101 valence electrons. The van der Waals surface area contributed by atoms with Crippen LogP contribution in [0.4, 0.5) is 5.69 Å². The molecule has 18 heavy (non-hydrogen) atoms. The van der Waals surface area contributed by atoms with E-state index in [1.807, 2.05) is 0 Å². The molecule has 0 saturated carbocycles. The summed E-state index contributed by atoms with van der Waals surface area (Å²) in [7, 11) is 0. The summed E-state index contributed by atoms with van der Waals surface area (Å²) in [4.78, 5) is 0. The normalized spacial score (nSPS) is 19.3. The Morgan fingerprint density at radius 2 is 1.33 bits per heavy atom. The minimum atomic E-state index is 0. The molecule has 2 N–H and O–H groups in total. The van der Waals surface area contributed by atoms with E-state index in [-0.39, 0.29) is 24.8 Å². The van der Waals surface area contributed by atoms with E-state index in [2.05, 4.69) is 61.7 Å². The first-order valence-electron chi connectivity index (χ1n) is 5.90. The number of halogens is 2. The number of hydrogen-bond acceptors (Lipinski definition) is 2. The fraction of sp³-hybridized carbons (Fsp3) is 0.500. The maximum absolute atomic E-state index is 3.47. The standard InChI is InChI=1S/C12H19N3.2ClH.Ti/c1-2-4-12(5-3-1)15-10-8-13-6-7-14-9-11-15;;;/h1-5,13-14H,6-11H2;2*1H;/q;;;+1/p-2. The third-order valence-corrected chi connectivity index (χ3v) is 4.17. The van der Waals surface area contributed by atoms with Gasteiger partial charge in [0.2, 0.25) is 0 Å². The number of quaternary nitrogens is 1. The average molecular weight is 324 g/mol. The summed E-state index contributed by atoms with van der Waals surface area (Å²) in [5, 5.41) is 6.95. The predicted molar refractivity (Wildman–Crippen MR) is 63.7 cm³/mol. The molecule has 1 aliphatic rings.